The first-order valence-electron chi connectivity index (χ1n) is 8.28. The van der Waals surface area contributed by atoms with Gasteiger partial charge in [-0.25, -0.2) is 4.98 Å². The summed E-state index contributed by atoms with van der Waals surface area (Å²) in [5, 5.41) is 5.08. The first kappa shape index (κ1) is 19.4. The monoisotopic (exact) mass is 398 g/mol. The molecule has 3 rings (SSSR count). The number of anilines is 1. The van der Waals surface area contributed by atoms with E-state index in [0.29, 0.717) is 33.6 Å². The molecule has 3 aromatic rings. The van der Waals surface area contributed by atoms with Gasteiger partial charge in [-0.15, -0.1) is 11.3 Å². The van der Waals surface area contributed by atoms with Gasteiger partial charge >= 0.3 is 5.97 Å². The fourth-order valence-electron chi connectivity index (χ4n) is 2.47. The van der Waals surface area contributed by atoms with Crippen molar-refractivity contribution >= 4 is 28.3 Å². The summed E-state index contributed by atoms with van der Waals surface area (Å²) in [5.74, 6) is 0.901. The van der Waals surface area contributed by atoms with Crippen LogP contribution in [0.4, 0.5) is 5.13 Å². The van der Waals surface area contributed by atoms with Crippen molar-refractivity contribution < 1.29 is 23.8 Å². The zero-order valence-corrected chi connectivity index (χ0v) is 16.3. The van der Waals surface area contributed by atoms with E-state index in [1.54, 1.807) is 44.6 Å². The highest BCUT2D eigenvalue weighted by molar-refractivity contribution is 7.14. The highest BCUT2D eigenvalue weighted by Crippen LogP contribution is 2.33. The van der Waals surface area contributed by atoms with Gasteiger partial charge in [-0.05, 0) is 42.5 Å². The molecule has 2 aromatic carbocycles. The van der Waals surface area contributed by atoms with Gasteiger partial charge in [0.1, 0.15) is 5.75 Å². The van der Waals surface area contributed by atoms with E-state index in [9.17, 15) is 9.59 Å². The topological polar surface area (TPSA) is 86.8 Å². The van der Waals surface area contributed by atoms with E-state index in [2.05, 4.69) is 10.3 Å². The normalized spacial score (nSPS) is 10.2. The van der Waals surface area contributed by atoms with Gasteiger partial charge in [0.2, 0.25) is 0 Å². The molecule has 144 valence electrons. The van der Waals surface area contributed by atoms with Crippen molar-refractivity contribution in [2.45, 2.75) is 6.92 Å². The summed E-state index contributed by atoms with van der Waals surface area (Å²) < 4.78 is 15.5. The van der Waals surface area contributed by atoms with Crippen LogP contribution in [0, 0.1) is 0 Å². The molecule has 0 aliphatic heterocycles. The molecule has 28 heavy (non-hydrogen) atoms. The smallest absolute Gasteiger partial charge is 0.308 e. The van der Waals surface area contributed by atoms with E-state index >= 15 is 0 Å². The van der Waals surface area contributed by atoms with Gasteiger partial charge in [0.15, 0.2) is 16.6 Å². The molecule has 0 fully saturated rings. The van der Waals surface area contributed by atoms with Gasteiger partial charge in [0, 0.05) is 23.4 Å². The van der Waals surface area contributed by atoms with E-state index in [0.717, 1.165) is 5.56 Å². The van der Waals surface area contributed by atoms with E-state index < -0.39 is 5.97 Å². The summed E-state index contributed by atoms with van der Waals surface area (Å²) in [6.45, 7) is 1.32. The Morgan fingerprint density at radius 3 is 2.36 bits per heavy atom. The van der Waals surface area contributed by atoms with Crippen molar-refractivity contribution in [2.24, 2.45) is 0 Å². The van der Waals surface area contributed by atoms with Crippen molar-refractivity contribution in [3.63, 3.8) is 0 Å². The third-order valence-electron chi connectivity index (χ3n) is 3.78. The molecule has 1 heterocycles. The molecule has 0 bridgehead atoms. The first-order chi connectivity index (χ1) is 13.5. The number of aromatic nitrogens is 1. The number of carbonyl (C=O) groups is 2. The number of methoxy groups -OCH3 is 2. The van der Waals surface area contributed by atoms with Crippen LogP contribution in [0.3, 0.4) is 0 Å². The molecule has 0 atom stereocenters. The number of nitrogens with one attached hydrogen (secondary N) is 1. The molecule has 0 saturated heterocycles. The molecule has 0 spiro atoms. The van der Waals surface area contributed by atoms with Gasteiger partial charge in [0.05, 0.1) is 19.9 Å². The van der Waals surface area contributed by atoms with Crippen LogP contribution in [0.15, 0.2) is 47.8 Å². The van der Waals surface area contributed by atoms with Crippen molar-refractivity contribution in [1.29, 1.82) is 0 Å². The predicted octanol–water partition coefficient (Wildman–Crippen LogP) is 4.00. The summed E-state index contributed by atoms with van der Waals surface area (Å²) in [7, 11) is 3.15. The van der Waals surface area contributed by atoms with E-state index in [1.807, 2.05) is 17.5 Å². The Morgan fingerprint density at radius 1 is 1.00 bits per heavy atom. The molecule has 0 unspecified atom stereocenters. The third kappa shape index (κ3) is 4.47. The van der Waals surface area contributed by atoms with Crippen LogP contribution in [0.1, 0.15) is 17.3 Å². The Hall–Kier alpha value is -3.39. The Morgan fingerprint density at radius 2 is 1.71 bits per heavy atom. The lowest BCUT2D eigenvalue weighted by molar-refractivity contribution is -0.131. The number of nitrogens with zero attached hydrogens (tertiary/aromatic N) is 1. The summed E-state index contributed by atoms with van der Waals surface area (Å²) in [5.41, 5.74) is 1.99. The maximum absolute atomic E-state index is 12.4. The number of rotatable bonds is 6. The van der Waals surface area contributed by atoms with E-state index in [-0.39, 0.29) is 5.91 Å². The maximum atomic E-state index is 12.4. The second-order valence-electron chi connectivity index (χ2n) is 5.68. The number of hydrogen-bond acceptors (Lipinski definition) is 7. The van der Waals surface area contributed by atoms with Crippen LogP contribution in [0.25, 0.3) is 11.3 Å². The number of carbonyl (C=O) groups excluding carboxylic acids is 2. The molecule has 8 heteroatoms. The highest BCUT2D eigenvalue weighted by Gasteiger charge is 2.12. The lowest BCUT2D eigenvalue weighted by atomic mass is 10.1. The maximum Gasteiger partial charge on any atom is 0.308 e. The molecule has 0 radical (unpaired) electrons. The fourth-order valence-corrected chi connectivity index (χ4v) is 3.18. The number of hydrogen-bond donors (Lipinski definition) is 1. The lowest BCUT2D eigenvalue weighted by Crippen LogP contribution is -2.11. The zero-order valence-electron chi connectivity index (χ0n) is 15.5. The Kier molecular flexibility index (Phi) is 5.90. The van der Waals surface area contributed by atoms with Crippen molar-refractivity contribution in [1.82, 2.24) is 4.98 Å². The minimum atomic E-state index is -0.414. The lowest BCUT2D eigenvalue weighted by Gasteiger charge is -2.08. The fraction of sp³-hybridized carbons (Fsp3) is 0.150. The van der Waals surface area contributed by atoms with E-state index in [1.165, 1.54) is 18.3 Å². The Balaban J connectivity index is 1.72. The Bertz CT molecular complexity index is 998. The second-order valence-corrected chi connectivity index (χ2v) is 6.54. The third-order valence-corrected chi connectivity index (χ3v) is 4.54. The molecular weight excluding hydrogens is 380 g/mol. The van der Waals surface area contributed by atoms with Crippen LogP contribution in [0.2, 0.25) is 0 Å². The average molecular weight is 398 g/mol. The van der Waals surface area contributed by atoms with Crippen LogP contribution < -0.4 is 19.5 Å². The summed E-state index contributed by atoms with van der Waals surface area (Å²) in [6.07, 6.45) is 0. The standard InChI is InChI=1S/C20H18N2O5S/c1-12(23)27-15-7-4-13(5-8-15)19(24)22-20-21-16(11-28-20)14-6-9-17(25-2)18(10-14)26-3/h4-11H,1-3H3,(H,21,22,24). The zero-order chi connectivity index (χ0) is 20.1. The second kappa shape index (κ2) is 8.53. The molecule has 0 saturated carbocycles. The molecular formula is C20H18N2O5S. The number of benzene rings is 2. The summed E-state index contributed by atoms with van der Waals surface area (Å²) in [4.78, 5) is 27.8. The predicted molar refractivity (Wildman–Crippen MR) is 106 cm³/mol. The SMILES string of the molecule is COc1ccc(-c2csc(NC(=O)c3ccc(OC(C)=O)cc3)n2)cc1OC. The van der Waals surface area contributed by atoms with Crippen LogP contribution in [-0.2, 0) is 4.79 Å². The van der Waals surface area contributed by atoms with Crippen LogP contribution in [-0.4, -0.2) is 31.1 Å². The van der Waals surface area contributed by atoms with Crippen molar-refractivity contribution in [2.75, 3.05) is 19.5 Å². The van der Waals surface area contributed by atoms with Gasteiger partial charge in [-0.3, -0.25) is 14.9 Å². The largest absolute Gasteiger partial charge is 0.493 e. The molecule has 0 aliphatic rings. The van der Waals surface area contributed by atoms with Crippen LogP contribution in [0.5, 0.6) is 17.2 Å². The summed E-state index contributed by atoms with van der Waals surface area (Å²) in [6, 6.07) is 11.8. The number of amides is 1. The van der Waals surface area contributed by atoms with Crippen molar-refractivity contribution in [3.05, 3.63) is 53.4 Å². The number of esters is 1. The molecule has 1 amide bonds. The van der Waals surface area contributed by atoms with Crippen molar-refractivity contribution in [3.8, 4) is 28.5 Å². The van der Waals surface area contributed by atoms with Crippen LogP contribution >= 0.6 is 11.3 Å². The highest BCUT2D eigenvalue weighted by atomic mass is 32.1. The minimum absolute atomic E-state index is 0.303. The summed E-state index contributed by atoms with van der Waals surface area (Å²) >= 11 is 1.32. The van der Waals surface area contributed by atoms with Gasteiger partial charge in [0.25, 0.3) is 5.91 Å². The van der Waals surface area contributed by atoms with Gasteiger partial charge in [-0.1, -0.05) is 0 Å². The van der Waals surface area contributed by atoms with Gasteiger partial charge in [-0.2, -0.15) is 0 Å². The van der Waals surface area contributed by atoms with Gasteiger partial charge < -0.3 is 14.2 Å². The first-order valence-corrected chi connectivity index (χ1v) is 9.16. The molecule has 1 aromatic heterocycles. The number of ether oxygens (including phenoxy) is 3. The average Bonchev–Trinajstić information content (AvgIpc) is 3.16. The quantitative estimate of drug-likeness (QED) is 0.499. The molecule has 0 aliphatic carbocycles. The van der Waals surface area contributed by atoms with E-state index in [4.69, 9.17) is 14.2 Å². The minimum Gasteiger partial charge on any atom is -0.493 e. The Labute approximate surface area is 165 Å². The molecule has 7 nitrogen and oxygen atoms in total. The molecule has 1 N–H and O–H groups in total. The number of thiazole rings is 1.